The van der Waals surface area contributed by atoms with Crippen molar-refractivity contribution in [3.63, 3.8) is 0 Å². The van der Waals surface area contributed by atoms with Gasteiger partial charge in [0.25, 0.3) is 5.91 Å². The van der Waals surface area contributed by atoms with Crippen LogP contribution in [-0.2, 0) is 21.0 Å². The number of hydrogen-bond donors (Lipinski definition) is 2. The van der Waals surface area contributed by atoms with Gasteiger partial charge in [0.15, 0.2) is 5.76 Å². The van der Waals surface area contributed by atoms with Gasteiger partial charge in [-0.2, -0.15) is 0 Å². The van der Waals surface area contributed by atoms with Gasteiger partial charge in [-0.25, -0.2) is 5.06 Å². The Labute approximate surface area is 222 Å². The highest BCUT2D eigenvalue weighted by molar-refractivity contribution is 5.92. The summed E-state index contributed by atoms with van der Waals surface area (Å²) in [6.07, 6.45) is 7.15. The van der Waals surface area contributed by atoms with Crippen LogP contribution in [0.2, 0.25) is 0 Å². The summed E-state index contributed by atoms with van der Waals surface area (Å²) < 4.78 is 10.8. The van der Waals surface area contributed by atoms with Gasteiger partial charge >= 0.3 is 0 Å². The topological polar surface area (TPSA) is 123 Å². The van der Waals surface area contributed by atoms with E-state index in [4.69, 9.17) is 14.0 Å². The second kappa shape index (κ2) is 15.2. The molecule has 0 aliphatic carbocycles. The van der Waals surface area contributed by atoms with Gasteiger partial charge in [0.1, 0.15) is 18.1 Å². The molecule has 0 saturated heterocycles. The van der Waals surface area contributed by atoms with Crippen LogP contribution < -0.4 is 15.4 Å². The lowest BCUT2D eigenvalue weighted by molar-refractivity contribution is -0.182. The molecule has 0 spiro atoms. The fraction of sp³-hybridized carbons (Fsp3) is 0.357. The molecule has 3 rings (SSSR count). The summed E-state index contributed by atoms with van der Waals surface area (Å²) in [5, 5.41) is 6.52. The minimum absolute atomic E-state index is 0.0926. The average molecular weight is 523 g/mol. The first-order valence-corrected chi connectivity index (χ1v) is 12.6. The van der Waals surface area contributed by atoms with Crippen molar-refractivity contribution < 1.29 is 28.4 Å². The van der Waals surface area contributed by atoms with Gasteiger partial charge in [-0.1, -0.05) is 56.5 Å². The van der Waals surface area contributed by atoms with Crippen LogP contribution in [0, 0.1) is 5.92 Å². The van der Waals surface area contributed by atoms with Crippen LogP contribution in [0.25, 0.3) is 11.3 Å². The molecule has 10 nitrogen and oxygen atoms in total. The summed E-state index contributed by atoms with van der Waals surface area (Å²) in [4.78, 5) is 46.8. The molecule has 0 fully saturated rings. The number of carbonyl (C=O) groups excluding carboxylic acids is 3. The number of unbranched alkanes of at least 4 members (excludes halogenated alkanes) is 2. The normalized spacial score (nSPS) is 11.4. The van der Waals surface area contributed by atoms with Gasteiger partial charge in [-0.3, -0.25) is 24.2 Å². The molecule has 38 heavy (non-hydrogen) atoms. The fourth-order valence-electron chi connectivity index (χ4n) is 3.74. The molecule has 0 saturated carbocycles. The zero-order chi connectivity index (χ0) is 27.2. The van der Waals surface area contributed by atoms with Crippen LogP contribution in [0.4, 0.5) is 0 Å². The predicted molar refractivity (Wildman–Crippen MR) is 141 cm³/mol. The summed E-state index contributed by atoms with van der Waals surface area (Å²) >= 11 is 0. The predicted octanol–water partition coefficient (Wildman–Crippen LogP) is 3.94. The van der Waals surface area contributed by atoms with Crippen molar-refractivity contribution in [2.45, 2.75) is 39.2 Å². The third-order valence-corrected chi connectivity index (χ3v) is 5.86. The van der Waals surface area contributed by atoms with E-state index in [0.29, 0.717) is 29.9 Å². The zero-order valence-electron chi connectivity index (χ0n) is 21.7. The maximum Gasteiger partial charge on any atom is 0.288 e. The van der Waals surface area contributed by atoms with E-state index < -0.39 is 11.8 Å². The lowest BCUT2D eigenvalue weighted by Gasteiger charge is -2.23. The highest BCUT2D eigenvalue weighted by atomic mass is 16.7. The Bertz CT molecular complexity index is 1170. The van der Waals surface area contributed by atoms with Crippen molar-refractivity contribution >= 4 is 18.2 Å². The largest absolute Gasteiger partial charge is 0.495 e. The fourth-order valence-corrected chi connectivity index (χ4v) is 3.74. The molecule has 10 heteroatoms. The van der Waals surface area contributed by atoms with E-state index in [-0.39, 0.29) is 31.5 Å². The molecule has 0 radical (unpaired) electrons. The van der Waals surface area contributed by atoms with Crippen LogP contribution in [0.3, 0.4) is 0 Å². The summed E-state index contributed by atoms with van der Waals surface area (Å²) in [6.45, 7) is 2.31. The number of nitrogens with one attached hydrogen (secondary N) is 2. The third kappa shape index (κ3) is 8.74. The van der Waals surface area contributed by atoms with Crippen molar-refractivity contribution in [2.24, 2.45) is 5.92 Å². The molecule has 1 aromatic carbocycles. The second-order valence-corrected chi connectivity index (χ2v) is 8.66. The molecule has 2 heterocycles. The molecule has 1 atom stereocenters. The van der Waals surface area contributed by atoms with Crippen molar-refractivity contribution in [1.82, 2.24) is 20.7 Å². The van der Waals surface area contributed by atoms with Gasteiger partial charge in [0.05, 0.1) is 32.4 Å². The van der Waals surface area contributed by atoms with Crippen molar-refractivity contribution in [3.8, 4) is 17.1 Å². The standard InChI is InChI=1S/C28H34N4O6/c1-3-4-6-11-22(17-32(20-33)37-18-21-9-7-5-8-10-21)27(34)30-19-31-28(35)26-13-12-25(38-26)23-14-24(36-2)16-29-15-23/h5,7-10,12-16,20,22H,3-4,6,11,17-19H2,1-2H3,(H,30,34)(H,31,35). The van der Waals surface area contributed by atoms with Gasteiger partial charge in [-0.05, 0) is 30.2 Å². The summed E-state index contributed by atoms with van der Waals surface area (Å²) in [5.74, 6) is -0.117. The SMILES string of the molecule is CCCCCC(CN(C=O)OCc1ccccc1)C(=O)NCNC(=O)c1ccc(-c2cncc(OC)c2)o1. The molecular formula is C28H34N4O6. The molecule has 0 aliphatic rings. The number of furan rings is 1. The molecule has 0 bridgehead atoms. The first-order chi connectivity index (χ1) is 18.5. The molecule has 0 aliphatic heterocycles. The third-order valence-electron chi connectivity index (χ3n) is 5.86. The Morgan fingerprint density at radius 2 is 1.92 bits per heavy atom. The number of hydroxylamine groups is 2. The molecule has 3 aromatic rings. The molecule has 1 unspecified atom stereocenters. The van der Waals surface area contributed by atoms with Crippen LogP contribution in [0.1, 0.15) is 48.7 Å². The highest BCUT2D eigenvalue weighted by Crippen LogP contribution is 2.24. The highest BCUT2D eigenvalue weighted by Gasteiger charge is 2.22. The number of rotatable bonds is 16. The number of carbonyl (C=O) groups is 3. The lowest BCUT2D eigenvalue weighted by Crippen LogP contribution is -2.43. The first-order valence-electron chi connectivity index (χ1n) is 12.6. The van der Waals surface area contributed by atoms with Crippen molar-refractivity contribution in [1.29, 1.82) is 0 Å². The average Bonchev–Trinajstić information content (AvgIpc) is 3.45. The number of pyridine rings is 1. The second-order valence-electron chi connectivity index (χ2n) is 8.66. The van der Waals surface area contributed by atoms with E-state index in [1.165, 1.54) is 0 Å². The van der Waals surface area contributed by atoms with Crippen LogP contribution >= 0.6 is 0 Å². The van der Waals surface area contributed by atoms with Crippen LogP contribution in [-0.4, -0.2) is 48.6 Å². The van der Waals surface area contributed by atoms with Gasteiger partial charge in [0, 0.05) is 11.8 Å². The monoisotopic (exact) mass is 522 g/mol. The number of hydrogen-bond acceptors (Lipinski definition) is 7. The van der Waals surface area contributed by atoms with E-state index in [1.807, 2.05) is 30.3 Å². The first kappa shape index (κ1) is 28.4. The molecule has 2 N–H and O–H groups in total. The number of ether oxygens (including phenoxy) is 1. The summed E-state index contributed by atoms with van der Waals surface area (Å²) in [6, 6.07) is 14.4. The summed E-state index contributed by atoms with van der Waals surface area (Å²) in [7, 11) is 1.54. The maximum atomic E-state index is 12.9. The number of benzene rings is 1. The minimum atomic E-state index is -0.491. The quantitative estimate of drug-likeness (QED) is 0.126. The number of methoxy groups -OCH3 is 1. The number of aromatic nitrogens is 1. The van der Waals surface area contributed by atoms with E-state index in [9.17, 15) is 14.4 Å². The minimum Gasteiger partial charge on any atom is -0.495 e. The van der Waals surface area contributed by atoms with E-state index >= 15 is 0 Å². The van der Waals surface area contributed by atoms with Gasteiger partial charge in [-0.15, -0.1) is 0 Å². The number of amides is 3. The zero-order valence-corrected chi connectivity index (χ0v) is 21.7. The van der Waals surface area contributed by atoms with Gasteiger partial charge in [0.2, 0.25) is 12.3 Å². The van der Waals surface area contributed by atoms with E-state index in [1.54, 1.807) is 37.7 Å². The van der Waals surface area contributed by atoms with Crippen molar-refractivity contribution in [3.05, 3.63) is 72.2 Å². The Hall–Kier alpha value is -4.18. The molecule has 3 amide bonds. The molecule has 202 valence electrons. The van der Waals surface area contributed by atoms with Crippen molar-refractivity contribution in [2.75, 3.05) is 20.3 Å². The summed E-state index contributed by atoms with van der Waals surface area (Å²) in [5.41, 5.74) is 1.58. The van der Waals surface area contributed by atoms with Crippen LogP contribution in [0.5, 0.6) is 5.75 Å². The number of nitrogens with zero attached hydrogens (tertiary/aromatic N) is 2. The maximum absolute atomic E-state index is 12.9. The Morgan fingerprint density at radius 3 is 2.66 bits per heavy atom. The Kier molecular flexibility index (Phi) is 11.3. The lowest BCUT2D eigenvalue weighted by atomic mass is 10.0. The van der Waals surface area contributed by atoms with E-state index in [2.05, 4.69) is 22.5 Å². The molecular weight excluding hydrogens is 488 g/mol. The van der Waals surface area contributed by atoms with Gasteiger partial charge < -0.3 is 19.8 Å². The van der Waals surface area contributed by atoms with E-state index in [0.717, 1.165) is 29.9 Å². The smallest absolute Gasteiger partial charge is 0.288 e. The Balaban J connectivity index is 1.52. The Morgan fingerprint density at radius 1 is 1.11 bits per heavy atom. The van der Waals surface area contributed by atoms with Crippen LogP contribution in [0.15, 0.2) is 65.3 Å². The molecule has 2 aromatic heterocycles.